The van der Waals surface area contributed by atoms with E-state index in [9.17, 15) is 8.42 Å². The van der Waals surface area contributed by atoms with Gasteiger partial charge in [0.25, 0.3) is 0 Å². The summed E-state index contributed by atoms with van der Waals surface area (Å²) in [6, 6.07) is 10.6. The summed E-state index contributed by atoms with van der Waals surface area (Å²) in [6.07, 6.45) is 12.4. The number of nitrogens with zero attached hydrogens (tertiary/aromatic N) is 7. The van der Waals surface area contributed by atoms with Gasteiger partial charge >= 0.3 is 0 Å². The molecule has 0 radical (unpaired) electrons. The molecule has 11 heteroatoms. The fourth-order valence-corrected chi connectivity index (χ4v) is 6.44. The Morgan fingerprint density at radius 2 is 1.89 bits per heavy atom. The number of anilines is 1. The third-order valence-corrected chi connectivity index (χ3v) is 8.63. The fraction of sp³-hybridized carbons (Fsp3) is 0.346. The zero-order chi connectivity index (χ0) is 25.4. The number of hydrogen-bond acceptors (Lipinski definition) is 8. The molecule has 1 saturated carbocycles. The first-order valence-electron chi connectivity index (χ1n) is 12.6. The maximum atomic E-state index is 12.8. The molecule has 0 spiro atoms. The number of rotatable bonds is 7. The van der Waals surface area contributed by atoms with Gasteiger partial charge in [-0.15, -0.1) is 10.2 Å². The first-order valence-corrected chi connectivity index (χ1v) is 14.1. The zero-order valence-corrected chi connectivity index (χ0v) is 21.3. The van der Waals surface area contributed by atoms with Crippen LogP contribution in [0.5, 0.6) is 0 Å². The van der Waals surface area contributed by atoms with E-state index in [4.69, 9.17) is 9.97 Å². The van der Waals surface area contributed by atoms with Crippen LogP contribution in [0.2, 0.25) is 0 Å². The number of nitrogens with one attached hydrogen (secondary N) is 1. The number of sulfonamides is 1. The van der Waals surface area contributed by atoms with Crippen molar-refractivity contribution >= 4 is 15.8 Å². The SMILES string of the molecule is CCC1c2nncn2-c2cnc(-c3ccncc3CNS(=O)(=O)c3ccccc3)nc2N1C1CCCC1. The van der Waals surface area contributed by atoms with Gasteiger partial charge in [-0.2, -0.15) is 0 Å². The van der Waals surface area contributed by atoms with Crippen LogP contribution >= 0.6 is 0 Å². The van der Waals surface area contributed by atoms with Crippen LogP contribution < -0.4 is 9.62 Å². The van der Waals surface area contributed by atoms with Crippen molar-refractivity contribution < 1.29 is 8.42 Å². The van der Waals surface area contributed by atoms with Crippen LogP contribution in [0.25, 0.3) is 17.1 Å². The molecule has 2 aliphatic rings. The minimum atomic E-state index is -3.67. The summed E-state index contributed by atoms with van der Waals surface area (Å²) < 4.78 is 30.3. The van der Waals surface area contributed by atoms with Gasteiger partial charge in [0.1, 0.15) is 12.0 Å². The second-order valence-corrected chi connectivity index (χ2v) is 11.2. The van der Waals surface area contributed by atoms with Gasteiger partial charge in [0.15, 0.2) is 17.5 Å². The van der Waals surface area contributed by atoms with E-state index in [0.29, 0.717) is 17.4 Å². The Balaban J connectivity index is 1.38. The maximum Gasteiger partial charge on any atom is 0.240 e. The van der Waals surface area contributed by atoms with Gasteiger partial charge in [-0.3, -0.25) is 9.55 Å². The van der Waals surface area contributed by atoms with Gasteiger partial charge in [-0.25, -0.2) is 23.1 Å². The molecule has 3 aromatic heterocycles. The summed E-state index contributed by atoms with van der Waals surface area (Å²) in [5.41, 5.74) is 2.30. The van der Waals surface area contributed by atoms with E-state index in [1.54, 1.807) is 49.1 Å². The molecule has 6 rings (SSSR count). The molecule has 1 unspecified atom stereocenters. The van der Waals surface area contributed by atoms with Crippen molar-refractivity contribution in [3.63, 3.8) is 0 Å². The number of pyridine rings is 1. The lowest BCUT2D eigenvalue weighted by Crippen LogP contribution is -2.42. The number of benzene rings is 1. The first-order chi connectivity index (χ1) is 18.1. The summed E-state index contributed by atoms with van der Waals surface area (Å²) in [7, 11) is -3.67. The lowest BCUT2D eigenvalue weighted by atomic mass is 10.0. The van der Waals surface area contributed by atoms with E-state index in [1.165, 1.54) is 12.8 Å². The minimum Gasteiger partial charge on any atom is -0.342 e. The molecular formula is C26H28N8O2S. The van der Waals surface area contributed by atoms with Crippen LogP contribution in [0.15, 0.2) is 66.2 Å². The normalized spacial score (nSPS) is 17.5. The summed E-state index contributed by atoms with van der Waals surface area (Å²) in [4.78, 5) is 16.6. The summed E-state index contributed by atoms with van der Waals surface area (Å²) in [5, 5.41) is 8.63. The molecule has 1 N–H and O–H groups in total. The molecule has 1 fully saturated rings. The Labute approximate surface area is 215 Å². The fourth-order valence-electron chi connectivity index (χ4n) is 5.42. The molecule has 0 bridgehead atoms. The predicted molar refractivity (Wildman–Crippen MR) is 138 cm³/mol. The minimum absolute atomic E-state index is 0.0698. The largest absolute Gasteiger partial charge is 0.342 e. The van der Waals surface area contributed by atoms with Crippen LogP contribution in [-0.2, 0) is 16.6 Å². The van der Waals surface area contributed by atoms with Gasteiger partial charge in [-0.1, -0.05) is 38.0 Å². The highest BCUT2D eigenvalue weighted by atomic mass is 32.2. The van der Waals surface area contributed by atoms with E-state index < -0.39 is 10.0 Å². The van der Waals surface area contributed by atoms with Crippen LogP contribution in [-0.4, -0.2) is 44.2 Å². The third kappa shape index (κ3) is 4.27. The van der Waals surface area contributed by atoms with Gasteiger partial charge in [0.2, 0.25) is 10.0 Å². The van der Waals surface area contributed by atoms with E-state index in [0.717, 1.165) is 42.2 Å². The monoisotopic (exact) mass is 516 g/mol. The van der Waals surface area contributed by atoms with Crippen LogP contribution in [0.1, 0.15) is 56.5 Å². The second kappa shape index (κ2) is 9.64. The predicted octanol–water partition coefficient (Wildman–Crippen LogP) is 3.81. The van der Waals surface area contributed by atoms with Gasteiger partial charge in [-0.05, 0) is 43.0 Å². The highest BCUT2D eigenvalue weighted by Crippen LogP contribution is 2.43. The molecule has 37 heavy (non-hydrogen) atoms. The molecule has 0 saturated heterocycles. The summed E-state index contributed by atoms with van der Waals surface area (Å²) in [6.45, 7) is 2.24. The van der Waals surface area contributed by atoms with E-state index in [2.05, 4.69) is 31.7 Å². The highest BCUT2D eigenvalue weighted by molar-refractivity contribution is 7.89. The zero-order valence-electron chi connectivity index (χ0n) is 20.5. The van der Waals surface area contributed by atoms with E-state index in [-0.39, 0.29) is 17.5 Å². The van der Waals surface area contributed by atoms with Crippen molar-refractivity contribution in [1.82, 2.24) is 34.4 Å². The highest BCUT2D eigenvalue weighted by Gasteiger charge is 2.38. The average molecular weight is 517 g/mol. The summed E-state index contributed by atoms with van der Waals surface area (Å²) in [5.74, 6) is 2.31. The maximum absolute atomic E-state index is 12.8. The quantitative estimate of drug-likeness (QED) is 0.394. The lowest BCUT2D eigenvalue weighted by Gasteiger charge is -2.40. The number of aromatic nitrogens is 6. The van der Waals surface area contributed by atoms with Crippen molar-refractivity contribution in [2.45, 2.75) is 62.6 Å². The van der Waals surface area contributed by atoms with Crippen LogP contribution in [0, 0.1) is 0 Å². The molecule has 4 heterocycles. The van der Waals surface area contributed by atoms with E-state index in [1.807, 2.05) is 16.8 Å². The van der Waals surface area contributed by atoms with Gasteiger partial charge in [0, 0.05) is 30.5 Å². The van der Waals surface area contributed by atoms with Crippen molar-refractivity contribution in [2.75, 3.05) is 4.90 Å². The molecule has 1 aliphatic carbocycles. The van der Waals surface area contributed by atoms with Gasteiger partial charge in [0.05, 0.1) is 17.1 Å². The van der Waals surface area contributed by atoms with Crippen molar-refractivity contribution in [1.29, 1.82) is 0 Å². The summed E-state index contributed by atoms with van der Waals surface area (Å²) >= 11 is 0. The number of hydrogen-bond donors (Lipinski definition) is 1. The smallest absolute Gasteiger partial charge is 0.240 e. The Kier molecular flexibility index (Phi) is 6.17. The lowest BCUT2D eigenvalue weighted by molar-refractivity contribution is 0.469. The Hall–Kier alpha value is -3.70. The standard InChI is InChI=1S/C26H28N8O2S/c1-2-22-26-32-29-17-33(26)23-16-28-24(31-25(23)34(22)19-8-6-7-9-19)21-12-13-27-14-18(21)15-30-37(35,36)20-10-4-3-5-11-20/h3-5,10-14,16-17,19,22,30H,2,6-9,15H2,1H3. The molecule has 1 atom stereocenters. The van der Waals surface area contributed by atoms with Crippen LogP contribution in [0.3, 0.4) is 0 Å². The molecular weight excluding hydrogens is 488 g/mol. The van der Waals surface area contributed by atoms with Crippen LogP contribution in [0.4, 0.5) is 5.82 Å². The van der Waals surface area contributed by atoms with Crippen molar-refractivity contribution in [3.05, 3.63) is 72.7 Å². The topological polar surface area (TPSA) is 119 Å². The molecule has 0 amide bonds. The molecule has 1 aliphatic heterocycles. The van der Waals surface area contributed by atoms with Crippen molar-refractivity contribution in [3.8, 4) is 17.1 Å². The van der Waals surface area contributed by atoms with Gasteiger partial charge < -0.3 is 4.90 Å². The van der Waals surface area contributed by atoms with Crippen molar-refractivity contribution in [2.24, 2.45) is 0 Å². The second-order valence-electron chi connectivity index (χ2n) is 9.40. The Morgan fingerprint density at radius 3 is 2.68 bits per heavy atom. The first kappa shape index (κ1) is 23.7. The average Bonchev–Trinajstić information content (AvgIpc) is 3.64. The molecule has 10 nitrogen and oxygen atoms in total. The molecule has 1 aromatic carbocycles. The van der Waals surface area contributed by atoms with E-state index >= 15 is 0 Å². The Morgan fingerprint density at radius 1 is 1.08 bits per heavy atom. The molecule has 4 aromatic rings. The Bertz CT molecular complexity index is 1520. The number of fused-ring (bicyclic) bond motifs is 3. The third-order valence-electron chi connectivity index (χ3n) is 7.22. The molecule has 190 valence electrons.